The van der Waals surface area contributed by atoms with Crippen LogP contribution in [0, 0.1) is 0 Å². The van der Waals surface area contributed by atoms with Gasteiger partial charge < -0.3 is 14.6 Å². The van der Waals surface area contributed by atoms with Crippen LogP contribution in [0.4, 0.5) is 5.69 Å². The third-order valence-corrected chi connectivity index (χ3v) is 4.11. The van der Waals surface area contributed by atoms with Gasteiger partial charge in [0.05, 0.1) is 29.1 Å². The fourth-order valence-corrected chi connectivity index (χ4v) is 2.84. The lowest BCUT2D eigenvalue weighted by Gasteiger charge is -2.12. The molecule has 0 saturated heterocycles. The van der Waals surface area contributed by atoms with Crippen LogP contribution in [0.2, 0.25) is 5.02 Å². The van der Waals surface area contributed by atoms with Crippen LogP contribution < -0.4 is 16.4 Å². The number of primary sulfonamides is 1. The molecule has 0 amide bonds. The summed E-state index contributed by atoms with van der Waals surface area (Å²) in [6.07, 6.45) is 1.49. The van der Waals surface area contributed by atoms with Crippen molar-refractivity contribution in [1.82, 2.24) is 0 Å². The number of carbonyl (C=O) groups excluding carboxylic acids is 1. The van der Waals surface area contributed by atoms with Gasteiger partial charge in [-0.1, -0.05) is 11.6 Å². The summed E-state index contributed by atoms with van der Waals surface area (Å²) >= 11 is 5.89. The van der Waals surface area contributed by atoms with Crippen molar-refractivity contribution < 1.29 is 22.5 Å². The van der Waals surface area contributed by atoms with Crippen LogP contribution in [0.25, 0.3) is 0 Å². The Balaban J connectivity index is 2.43. The number of sulfonamides is 1. The molecule has 5 N–H and O–H groups in total. The maximum absolute atomic E-state index is 11.7. The van der Waals surface area contributed by atoms with Crippen molar-refractivity contribution in [3.05, 3.63) is 46.9 Å². The normalized spacial score (nSPS) is 11.2. The van der Waals surface area contributed by atoms with E-state index < -0.39 is 20.9 Å². The molecule has 0 saturated carbocycles. The molecule has 118 valence electrons. The van der Waals surface area contributed by atoms with E-state index in [1.165, 1.54) is 12.3 Å². The maximum Gasteiger partial charge on any atom is 0.358 e. The first-order valence-electron chi connectivity index (χ1n) is 5.86. The lowest BCUT2D eigenvalue weighted by molar-refractivity contribution is 0.0504. The first kappa shape index (κ1) is 16.3. The average Bonchev–Trinajstić information content (AvgIpc) is 2.96. The molecular formula is C12H12ClN3O5S. The molecule has 8 nitrogen and oxygen atoms in total. The predicted molar refractivity (Wildman–Crippen MR) is 78.5 cm³/mol. The number of hydrogen-bond donors (Lipinski definition) is 3. The van der Waals surface area contributed by atoms with Gasteiger partial charge in [-0.2, -0.15) is 5.90 Å². The Morgan fingerprint density at radius 1 is 1.41 bits per heavy atom. The van der Waals surface area contributed by atoms with Crippen LogP contribution >= 0.6 is 11.6 Å². The summed E-state index contributed by atoms with van der Waals surface area (Å²) in [4.78, 5) is 15.4. The minimum absolute atomic E-state index is 0.123. The molecule has 0 aliphatic rings. The van der Waals surface area contributed by atoms with Crippen molar-refractivity contribution in [2.24, 2.45) is 11.0 Å². The van der Waals surface area contributed by atoms with Gasteiger partial charge in [0, 0.05) is 0 Å². The zero-order chi connectivity index (χ0) is 16.3. The largest absolute Gasteiger partial charge is 0.467 e. The number of rotatable bonds is 5. The number of carbonyl (C=O) groups is 1. The summed E-state index contributed by atoms with van der Waals surface area (Å²) < 4.78 is 28.0. The van der Waals surface area contributed by atoms with Crippen LogP contribution in [0.3, 0.4) is 0 Å². The second kappa shape index (κ2) is 6.36. The molecule has 0 aliphatic heterocycles. The van der Waals surface area contributed by atoms with Crippen molar-refractivity contribution in [3.63, 3.8) is 0 Å². The van der Waals surface area contributed by atoms with Gasteiger partial charge in [-0.3, -0.25) is 0 Å². The van der Waals surface area contributed by atoms with Crippen LogP contribution in [0.5, 0.6) is 0 Å². The van der Waals surface area contributed by atoms with Crippen molar-refractivity contribution in [3.8, 4) is 0 Å². The molecule has 0 fully saturated rings. The summed E-state index contributed by atoms with van der Waals surface area (Å²) in [5, 5.41) is 7.78. The van der Waals surface area contributed by atoms with E-state index in [-0.39, 0.29) is 22.8 Å². The lowest BCUT2D eigenvalue weighted by Crippen LogP contribution is -2.17. The lowest BCUT2D eigenvalue weighted by atomic mass is 10.1. The molecule has 0 unspecified atom stereocenters. The minimum Gasteiger partial charge on any atom is -0.467 e. The zero-order valence-corrected chi connectivity index (χ0v) is 12.6. The van der Waals surface area contributed by atoms with E-state index in [0.717, 1.165) is 6.07 Å². The van der Waals surface area contributed by atoms with Crippen LogP contribution in [0.1, 0.15) is 16.1 Å². The van der Waals surface area contributed by atoms with E-state index in [9.17, 15) is 13.2 Å². The molecule has 22 heavy (non-hydrogen) atoms. The van der Waals surface area contributed by atoms with Gasteiger partial charge in [0.15, 0.2) is 0 Å². The van der Waals surface area contributed by atoms with Gasteiger partial charge in [-0.15, -0.1) is 0 Å². The Morgan fingerprint density at radius 3 is 2.68 bits per heavy atom. The summed E-state index contributed by atoms with van der Waals surface area (Å²) in [5.41, 5.74) is 0.103. The smallest absolute Gasteiger partial charge is 0.358 e. The van der Waals surface area contributed by atoms with Gasteiger partial charge in [-0.25, -0.2) is 18.4 Å². The Hall–Kier alpha value is -2.07. The minimum atomic E-state index is -4.10. The topological polar surface area (TPSA) is 138 Å². The molecule has 1 heterocycles. The number of nitrogens with one attached hydrogen (secondary N) is 1. The third kappa shape index (κ3) is 3.57. The number of anilines is 1. The summed E-state index contributed by atoms with van der Waals surface area (Å²) in [6, 6.07) is 5.66. The average molecular weight is 346 g/mol. The number of nitrogens with two attached hydrogens (primary N) is 2. The van der Waals surface area contributed by atoms with Crippen molar-refractivity contribution in [1.29, 1.82) is 0 Å². The molecule has 0 spiro atoms. The van der Waals surface area contributed by atoms with Gasteiger partial charge in [0.1, 0.15) is 10.7 Å². The zero-order valence-electron chi connectivity index (χ0n) is 11.1. The van der Waals surface area contributed by atoms with Crippen molar-refractivity contribution >= 4 is 33.3 Å². The quantitative estimate of drug-likeness (QED) is 0.692. The molecule has 0 atom stereocenters. The second-order valence-electron chi connectivity index (χ2n) is 4.21. The van der Waals surface area contributed by atoms with E-state index in [0.29, 0.717) is 5.76 Å². The highest BCUT2D eigenvalue weighted by atomic mass is 35.5. The Morgan fingerprint density at radius 2 is 2.14 bits per heavy atom. The molecule has 2 rings (SSSR count). The number of hydrogen-bond acceptors (Lipinski definition) is 7. The Labute approximate surface area is 131 Å². The first-order valence-corrected chi connectivity index (χ1v) is 7.79. The van der Waals surface area contributed by atoms with E-state index in [1.54, 1.807) is 12.1 Å². The number of benzene rings is 1. The van der Waals surface area contributed by atoms with E-state index in [2.05, 4.69) is 10.2 Å². The second-order valence-corrected chi connectivity index (χ2v) is 6.15. The van der Waals surface area contributed by atoms with E-state index in [4.69, 9.17) is 27.1 Å². The van der Waals surface area contributed by atoms with Crippen molar-refractivity contribution in [2.45, 2.75) is 11.4 Å². The summed E-state index contributed by atoms with van der Waals surface area (Å²) in [7, 11) is -4.10. The highest BCUT2D eigenvalue weighted by molar-refractivity contribution is 7.89. The number of furan rings is 1. The Kier molecular flexibility index (Phi) is 4.71. The molecule has 1 aromatic heterocycles. The maximum atomic E-state index is 11.7. The monoisotopic (exact) mass is 345 g/mol. The van der Waals surface area contributed by atoms with Gasteiger partial charge in [0.25, 0.3) is 0 Å². The van der Waals surface area contributed by atoms with Crippen molar-refractivity contribution in [2.75, 3.05) is 5.32 Å². The van der Waals surface area contributed by atoms with Gasteiger partial charge >= 0.3 is 5.97 Å². The standard InChI is InChI=1S/C12H12ClN3O5S/c13-9-5-10(16-6-7-2-1-3-20-7)8(12(17)21-14)4-11(9)22(15,18)19/h1-5,16H,6,14H2,(H2,15,18,19). The molecule has 2 aromatic rings. The fraction of sp³-hybridized carbons (Fsp3) is 0.0833. The summed E-state index contributed by atoms with van der Waals surface area (Å²) in [6.45, 7) is 0.239. The van der Waals surface area contributed by atoms with Crippen LogP contribution in [-0.2, 0) is 21.4 Å². The summed E-state index contributed by atoms with van der Waals surface area (Å²) in [5.74, 6) is 4.51. The van der Waals surface area contributed by atoms with Gasteiger partial charge in [-0.05, 0) is 24.3 Å². The molecule has 0 aliphatic carbocycles. The third-order valence-electron chi connectivity index (χ3n) is 2.74. The molecule has 1 aromatic carbocycles. The first-order chi connectivity index (χ1) is 10.3. The molecular weight excluding hydrogens is 334 g/mol. The Bertz CT molecular complexity index is 789. The molecule has 10 heteroatoms. The predicted octanol–water partition coefficient (Wildman–Crippen LogP) is 1.22. The highest BCUT2D eigenvalue weighted by Gasteiger charge is 2.21. The van der Waals surface area contributed by atoms with E-state index in [1.807, 2.05) is 0 Å². The number of halogens is 1. The van der Waals surface area contributed by atoms with Gasteiger partial charge in [0.2, 0.25) is 10.0 Å². The van der Waals surface area contributed by atoms with Crippen LogP contribution in [0.15, 0.2) is 39.8 Å². The van der Waals surface area contributed by atoms with E-state index >= 15 is 0 Å². The highest BCUT2D eigenvalue weighted by Crippen LogP contribution is 2.29. The SMILES string of the molecule is NOC(=O)c1cc(S(N)(=O)=O)c(Cl)cc1NCc1ccco1. The fourth-order valence-electron chi connectivity index (χ4n) is 1.75. The molecule has 0 radical (unpaired) electrons. The van der Waals surface area contributed by atoms with Crippen LogP contribution in [-0.4, -0.2) is 14.4 Å². The molecule has 0 bridgehead atoms.